The summed E-state index contributed by atoms with van der Waals surface area (Å²) < 4.78 is 10.00. The third-order valence-electron chi connectivity index (χ3n) is 4.92. The van der Waals surface area contributed by atoms with Crippen molar-refractivity contribution in [3.63, 3.8) is 0 Å². The number of fused-ring (bicyclic) bond motifs is 1. The second kappa shape index (κ2) is 7.29. The fourth-order valence-corrected chi connectivity index (χ4v) is 3.52. The number of hydrogen-bond acceptors (Lipinski definition) is 5. The number of aryl methyl sites for hydroxylation is 1. The van der Waals surface area contributed by atoms with Crippen LogP contribution >= 0.6 is 0 Å². The van der Waals surface area contributed by atoms with E-state index in [2.05, 4.69) is 32.7 Å². The van der Waals surface area contributed by atoms with Crippen molar-refractivity contribution in [1.82, 2.24) is 29.2 Å². The largest absolute Gasteiger partial charge is 0.493 e. The number of rotatable bonds is 6. The van der Waals surface area contributed by atoms with Gasteiger partial charge in [0, 0.05) is 69.1 Å². The van der Waals surface area contributed by atoms with Gasteiger partial charge in [0.25, 0.3) is 0 Å². The van der Waals surface area contributed by atoms with Crippen molar-refractivity contribution in [2.24, 2.45) is 7.05 Å². The van der Waals surface area contributed by atoms with Crippen molar-refractivity contribution >= 4 is 0 Å². The van der Waals surface area contributed by atoms with Gasteiger partial charge in [-0.15, -0.1) is 0 Å². The highest BCUT2D eigenvalue weighted by molar-refractivity contribution is 5.17. The molecule has 0 spiro atoms. The molecule has 0 aliphatic carbocycles. The first-order chi connectivity index (χ1) is 12.7. The topological polar surface area (TPSA) is 61.0 Å². The van der Waals surface area contributed by atoms with Crippen LogP contribution in [0.15, 0.2) is 43.1 Å². The van der Waals surface area contributed by atoms with E-state index in [-0.39, 0.29) is 0 Å². The number of nitrogens with zero attached hydrogens (tertiary/aromatic N) is 6. The quantitative estimate of drug-likeness (QED) is 0.681. The van der Waals surface area contributed by atoms with Gasteiger partial charge in [-0.25, -0.2) is 4.98 Å². The normalized spacial score (nSPS) is 17.2. The summed E-state index contributed by atoms with van der Waals surface area (Å²) >= 11 is 0. The summed E-state index contributed by atoms with van der Waals surface area (Å²) in [6.07, 6.45) is 10.4. The lowest BCUT2D eigenvalue weighted by atomic mass is 10.2. The van der Waals surface area contributed by atoms with Gasteiger partial charge in [-0.2, -0.15) is 5.10 Å². The van der Waals surface area contributed by atoms with Crippen LogP contribution in [0.1, 0.15) is 30.0 Å². The maximum absolute atomic E-state index is 5.80. The first kappa shape index (κ1) is 16.8. The number of ether oxygens (including phenoxy) is 1. The van der Waals surface area contributed by atoms with E-state index in [4.69, 9.17) is 9.72 Å². The molecule has 7 heteroatoms. The van der Waals surface area contributed by atoms with Gasteiger partial charge in [0.1, 0.15) is 11.6 Å². The lowest BCUT2D eigenvalue weighted by molar-refractivity contribution is 0.154. The molecule has 4 rings (SSSR count). The molecule has 0 unspecified atom stereocenters. The highest BCUT2D eigenvalue weighted by atomic mass is 16.5. The maximum Gasteiger partial charge on any atom is 0.126 e. The van der Waals surface area contributed by atoms with Crippen molar-refractivity contribution in [2.75, 3.05) is 13.2 Å². The van der Waals surface area contributed by atoms with Crippen LogP contribution in [-0.2, 0) is 26.6 Å². The van der Waals surface area contributed by atoms with E-state index in [1.165, 1.54) is 11.3 Å². The first-order valence-electron chi connectivity index (χ1n) is 8.99. The average molecular weight is 352 g/mol. The SMILES string of the molecule is C[C@@H]1c2ncc(CCOc3ccncc3)n2CCN1Cc1cnn(C)c1. The molecule has 0 aromatic carbocycles. The minimum absolute atomic E-state index is 0.291. The number of hydrogen-bond donors (Lipinski definition) is 0. The second-order valence-electron chi connectivity index (χ2n) is 6.71. The maximum atomic E-state index is 5.80. The minimum atomic E-state index is 0.291. The molecule has 3 aromatic rings. The summed E-state index contributed by atoms with van der Waals surface area (Å²) in [5, 5.41) is 4.27. The summed E-state index contributed by atoms with van der Waals surface area (Å²) in [4.78, 5) is 11.2. The molecular formula is C19H24N6O. The van der Waals surface area contributed by atoms with Crippen LogP contribution in [0.2, 0.25) is 0 Å². The van der Waals surface area contributed by atoms with E-state index in [0.717, 1.165) is 37.6 Å². The molecule has 0 N–H and O–H groups in total. The Balaban J connectivity index is 1.39. The zero-order valence-corrected chi connectivity index (χ0v) is 15.2. The summed E-state index contributed by atoms with van der Waals surface area (Å²) in [5.41, 5.74) is 2.48. The summed E-state index contributed by atoms with van der Waals surface area (Å²) in [6, 6.07) is 4.05. The van der Waals surface area contributed by atoms with Gasteiger partial charge >= 0.3 is 0 Å². The standard InChI is InChI=1S/C19H24N6O/c1-15-19-21-12-17(5-10-26-18-3-6-20-7-4-18)25(19)9-8-24(15)14-16-11-22-23(2)13-16/h3-4,6-7,11-13,15H,5,8-10,14H2,1-2H3/t15-/m1/s1. The molecule has 0 fully saturated rings. The molecule has 26 heavy (non-hydrogen) atoms. The molecule has 3 aromatic heterocycles. The second-order valence-corrected chi connectivity index (χ2v) is 6.71. The monoisotopic (exact) mass is 352 g/mol. The molecule has 1 atom stereocenters. The smallest absolute Gasteiger partial charge is 0.126 e. The molecular weight excluding hydrogens is 328 g/mol. The van der Waals surface area contributed by atoms with E-state index >= 15 is 0 Å². The van der Waals surface area contributed by atoms with Crippen molar-refractivity contribution in [1.29, 1.82) is 0 Å². The van der Waals surface area contributed by atoms with Crippen LogP contribution in [0, 0.1) is 0 Å². The molecule has 0 bridgehead atoms. The van der Waals surface area contributed by atoms with Gasteiger partial charge in [0.2, 0.25) is 0 Å². The Kier molecular flexibility index (Phi) is 4.71. The highest BCUT2D eigenvalue weighted by Gasteiger charge is 2.27. The van der Waals surface area contributed by atoms with Crippen LogP contribution in [0.4, 0.5) is 0 Å². The molecule has 7 nitrogen and oxygen atoms in total. The van der Waals surface area contributed by atoms with Crippen molar-refractivity contribution in [3.8, 4) is 5.75 Å². The Labute approximate surface area is 153 Å². The molecule has 4 heterocycles. The van der Waals surface area contributed by atoms with Gasteiger partial charge in [-0.05, 0) is 19.1 Å². The number of imidazole rings is 1. The fraction of sp³-hybridized carbons (Fsp3) is 0.421. The lowest BCUT2D eigenvalue weighted by Gasteiger charge is -2.34. The Hall–Kier alpha value is -2.67. The molecule has 136 valence electrons. The van der Waals surface area contributed by atoms with Crippen molar-refractivity contribution in [3.05, 3.63) is 60.2 Å². The molecule has 0 amide bonds. The van der Waals surface area contributed by atoms with E-state index in [9.17, 15) is 0 Å². The Morgan fingerprint density at radius 1 is 1.19 bits per heavy atom. The van der Waals surface area contributed by atoms with Gasteiger partial charge in [-0.1, -0.05) is 0 Å². The van der Waals surface area contributed by atoms with E-state index in [1.807, 2.05) is 36.3 Å². The predicted molar refractivity (Wildman–Crippen MR) is 97.7 cm³/mol. The van der Waals surface area contributed by atoms with Gasteiger partial charge in [0.05, 0.1) is 18.8 Å². The Morgan fingerprint density at radius 2 is 2.04 bits per heavy atom. The van der Waals surface area contributed by atoms with Crippen LogP contribution < -0.4 is 4.74 Å². The zero-order valence-electron chi connectivity index (χ0n) is 15.2. The van der Waals surface area contributed by atoms with Crippen LogP contribution in [0.25, 0.3) is 0 Å². The van der Waals surface area contributed by atoms with Gasteiger partial charge < -0.3 is 9.30 Å². The van der Waals surface area contributed by atoms with Crippen molar-refractivity contribution in [2.45, 2.75) is 32.5 Å². The Morgan fingerprint density at radius 3 is 2.81 bits per heavy atom. The molecule has 0 radical (unpaired) electrons. The fourth-order valence-electron chi connectivity index (χ4n) is 3.52. The predicted octanol–water partition coefficient (Wildman–Crippen LogP) is 2.21. The van der Waals surface area contributed by atoms with E-state index in [1.54, 1.807) is 12.4 Å². The minimum Gasteiger partial charge on any atom is -0.493 e. The Bertz CT molecular complexity index is 856. The molecule has 1 aliphatic heterocycles. The lowest BCUT2D eigenvalue weighted by Crippen LogP contribution is -2.37. The van der Waals surface area contributed by atoms with Gasteiger partial charge in [0.15, 0.2) is 0 Å². The third-order valence-corrected chi connectivity index (χ3v) is 4.92. The van der Waals surface area contributed by atoms with Crippen LogP contribution in [0.5, 0.6) is 5.75 Å². The number of aromatic nitrogens is 5. The van der Waals surface area contributed by atoms with Gasteiger partial charge in [-0.3, -0.25) is 14.6 Å². The van der Waals surface area contributed by atoms with E-state index in [0.29, 0.717) is 12.6 Å². The molecule has 0 saturated carbocycles. The highest BCUT2D eigenvalue weighted by Crippen LogP contribution is 2.27. The molecule has 1 aliphatic rings. The third kappa shape index (κ3) is 3.48. The van der Waals surface area contributed by atoms with Crippen LogP contribution in [-0.4, -0.2) is 42.4 Å². The van der Waals surface area contributed by atoms with Crippen LogP contribution in [0.3, 0.4) is 0 Å². The average Bonchev–Trinajstić information content (AvgIpc) is 3.25. The van der Waals surface area contributed by atoms with Crippen molar-refractivity contribution < 1.29 is 4.74 Å². The summed E-state index contributed by atoms with van der Waals surface area (Å²) in [5.74, 6) is 1.99. The molecule has 0 saturated heterocycles. The zero-order chi connectivity index (χ0) is 17.9. The van der Waals surface area contributed by atoms with E-state index < -0.39 is 0 Å². The number of pyridine rings is 1. The first-order valence-corrected chi connectivity index (χ1v) is 8.99. The summed E-state index contributed by atoms with van der Waals surface area (Å²) in [7, 11) is 1.95. The summed E-state index contributed by atoms with van der Waals surface area (Å²) in [6.45, 7) is 5.75.